The molecule has 2 aliphatic rings. The Balaban J connectivity index is 0.00000552. The number of rotatable bonds is 6. The van der Waals surface area contributed by atoms with Crippen LogP contribution in [0.15, 0.2) is 66.7 Å². The molecular weight excluding hydrogens is 576 g/mol. The highest BCUT2D eigenvalue weighted by Gasteiger charge is 2.48. The van der Waals surface area contributed by atoms with Gasteiger partial charge in [-0.15, -0.1) is 0 Å². The molecule has 2 heterocycles. The largest absolute Gasteiger partial charge is 0.508 e. The number of cyclic esters (lactones) is 2. The van der Waals surface area contributed by atoms with Crippen LogP contribution in [0.3, 0.4) is 0 Å². The van der Waals surface area contributed by atoms with Crippen molar-refractivity contribution < 1.29 is 38.5 Å². The number of epoxide rings is 1. The number of aromatic hydroxyl groups is 1. The first kappa shape index (κ1) is 35.3. The summed E-state index contributed by atoms with van der Waals surface area (Å²) < 4.78 is 17.8. The van der Waals surface area contributed by atoms with E-state index >= 15 is 0 Å². The van der Waals surface area contributed by atoms with Gasteiger partial charge in [-0.3, -0.25) is 14.4 Å². The number of esters is 2. The minimum absolute atomic E-state index is 0. The molecular formula is C35H46N2O8. The fourth-order valence-corrected chi connectivity index (χ4v) is 5.10. The van der Waals surface area contributed by atoms with E-state index in [1.807, 2.05) is 51.1 Å². The fraction of sp³-hybridized carbons (Fsp3) is 0.486. The summed E-state index contributed by atoms with van der Waals surface area (Å²) in [5, 5.41) is 15.1. The fourth-order valence-electron chi connectivity index (χ4n) is 5.10. The van der Waals surface area contributed by atoms with Gasteiger partial charge in [-0.2, -0.15) is 0 Å². The molecule has 0 bridgehead atoms. The van der Waals surface area contributed by atoms with E-state index in [-0.39, 0.29) is 56.6 Å². The van der Waals surface area contributed by atoms with E-state index in [0.29, 0.717) is 5.56 Å². The van der Waals surface area contributed by atoms with Crippen LogP contribution in [0, 0.1) is 17.3 Å². The lowest BCUT2D eigenvalue weighted by atomic mass is 9.92. The Morgan fingerprint density at radius 3 is 2.24 bits per heavy atom. The van der Waals surface area contributed by atoms with Crippen LogP contribution in [0.1, 0.15) is 78.2 Å². The molecule has 3 N–H and O–H groups in total. The van der Waals surface area contributed by atoms with Gasteiger partial charge in [0.25, 0.3) is 0 Å². The highest BCUT2D eigenvalue weighted by molar-refractivity contribution is 5.93. The molecule has 0 saturated carbocycles. The van der Waals surface area contributed by atoms with Crippen LogP contribution in [0.5, 0.6) is 5.75 Å². The summed E-state index contributed by atoms with van der Waals surface area (Å²) in [4.78, 5) is 53.2. The maximum absolute atomic E-state index is 13.5. The van der Waals surface area contributed by atoms with E-state index < -0.39 is 47.4 Å². The van der Waals surface area contributed by atoms with Gasteiger partial charge in [-0.1, -0.05) is 76.7 Å². The number of hydrogen-bond donors (Lipinski definition) is 3. The van der Waals surface area contributed by atoms with Crippen LogP contribution in [-0.2, 0) is 33.4 Å². The first-order chi connectivity index (χ1) is 20.9. The zero-order valence-electron chi connectivity index (χ0n) is 25.8. The maximum Gasteiger partial charge on any atom is 0.347 e. The van der Waals surface area contributed by atoms with Crippen LogP contribution in [-0.4, -0.2) is 53.7 Å². The highest BCUT2D eigenvalue weighted by atomic mass is 16.6. The monoisotopic (exact) mass is 622 g/mol. The number of phenols is 1. The molecule has 0 spiro atoms. The van der Waals surface area contributed by atoms with Gasteiger partial charge in [0.15, 0.2) is 6.10 Å². The van der Waals surface area contributed by atoms with Gasteiger partial charge >= 0.3 is 11.9 Å². The van der Waals surface area contributed by atoms with Crippen molar-refractivity contribution in [1.82, 2.24) is 10.6 Å². The number of nitrogens with one attached hydrogen (secondary N) is 2. The minimum atomic E-state index is -1.21. The third kappa shape index (κ3) is 9.41. The molecule has 2 amide bonds. The molecule has 1 fully saturated rings. The van der Waals surface area contributed by atoms with Crippen molar-refractivity contribution in [3.05, 3.63) is 77.9 Å². The third-order valence-electron chi connectivity index (χ3n) is 7.89. The van der Waals surface area contributed by atoms with E-state index in [9.17, 15) is 24.3 Å². The molecule has 0 radical (unpaired) electrons. The van der Waals surface area contributed by atoms with E-state index in [1.165, 1.54) is 30.3 Å². The van der Waals surface area contributed by atoms with Crippen LogP contribution >= 0.6 is 0 Å². The van der Waals surface area contributed by atoms with Crippen molar-refractivity contribution >= 4 is 23.8 Å². The van der Waals surface area contributed by atoms with Crippen molar-refractivity contribution in [3.63, 3.8) is 0 Å². The second-order valence-corrected chi connectivity index (χ2v) is 12.6. The molecule has 244 valence electrons. The van der Waals surface area contributed by atoms with Crippen molar-refractivity contribution in [1.29, 1.82) is 0 Å². The Kier molecular flexibility index (Phi) is 11.9. The van der Waals surface area contributed by atoms with Crippen molar-refractivity contribution in [3.8, 4) is 5.75 Å². The zero-order chi connectivity index (χ0) is 32.0. The molecule has 1 saturated heterocycles. The number of phenolic OH excluding ortho intramolecular Hbond substituents is 1. The van der Waals surface area contributed by atoms with Crippen LogP contribution in [0.2, 0.25) is 0 Å². The predicted molar refractivity (Wildman–Crippen MR) is 169 cm³/mol. The van der Waals surface area contributed by atoms with E-state index in [2.05, 4.69) is 10.6 Å². The first-order valence-electron chi connectivity index (χ1n) is 15.0. The van der Waals surface area contributed by atoms with Gasteiger partial charge in [-0.25, -0.2) is 4.79 Å². The Hall–Kier alpha value is -4.18. The Bertz CT molecular complexity index is 1360. The second-order valence-electron chi connectivity index (χ2n) is 12.6. The molecule has 2 unspecified atom stereocenters. The first-order valence-corrected chi connectivity index (χ1v) is 15.0. The van der Waals surface area contributed by atoms with Crippen LogP contribution in [0.4, 0.5) is 0 Å². The summed E-state index contributed by atoms with van der Waals surface area (Å²) in [6.45, 7) is 8.85. The number of carbonyl (C=O) groups excluding carboxylic acids is 4. The SMILES string of the molecule is C.CC(C)C[C@@H]1OC(=O)C(C)(C)CNC(=O)[C@@H](c2ccc(O)cc2)NC(=O)/C=C/C[C@@H]([C@H](C)C2OC2c2ccccc2)OC1=O. The maximum atomic E-state index is 13.5. The van der Waals surface area contributed by atoms with Gasteiger partial charge in [0.05, 0.1) is 11.5 Å². The number of amides is 2. The quantitative estimate of drug-likeness (QED) is 0.304. The average molecular weight is 623 g/mol. The summed E-state index contributed by atoms with van der Waals surface area (Å²) in [5.41, 5.74) is 0.258. The van der Waals surface area contributed by atoms with Crippen molar-refractivity contribution in [2.45, 2.75) is 85.3 Å². The highest BCUT2D eigenvalue weighted by Crippen LogP contribution is 2.45. The lowest BCUT2D eigenvalue weighted by Gasteiger charge is -2.29. The molecule has 2 aromatic rings. The third-order valence-corrected chi connectivity index (χ3v) is 7.89. The number of hydrogen-bond acceptors (Lipinski definition) is 8. The number of ether oxygens (including phenoxy) is 3. The molecule has 45 heavy (non-hydrogen) atoms. The summed E-state index contributed by atoms with van der Waals surface area (Å²) in [6.07, 6.45) is 1.14. The van der Waals surface area contributed by atoms with Gasteiger partial charge in [0.2, 0.25) is 11.8 Å². The Morgan fingerprint density at radius 2 is 1.60 bits per heavy atom. The second kappa shape index (κ2) is 15.2. The molecule has 2 aliphatic heterocycles. The van der Waals surface area contributed by atoms with E-state index in [0.717, 1.165) is 5.56 Å². The zero-order valence-corrected chi connectivity index (χ0v) is 25.8. The molecule has 2 aromatic carbocycles. The number of benzene rings is 2. The van der Waals surface area contributed by atoms with Gasteiger partial charge in [0, 0.05) is 18.9 Å². The topological polar surface area (TPSA) is 144 Å². The standard InChI is InChI=1S/C34H42N2O8.CH4/c1-20(2)18-26-32(40)42-25(21(3)29-30(44-29)23-10-7-6-8-11-23)12-9-13-27(38)36-28(22-14-16-24(37)17-15-22)31(39)35-19-34(4,5)33(41)43-26;/h6-11,13-17,20-21,25-26,28-30,37H,12,18-19H2,1-5H3,(H,35,39)(H,36,38);1H4/b13-9+;/t21-,25-,26-,28+,29?,30?;/m0./s1. The smallest absolute Gasteiger partial charge is 0.347 e. The molecule has 4 rings (SSSR count). The van der Waals surface area contributed by atoms with Gasteiger partial charge < -0.3 is 30.0 Å². The molecule has 0 aliphatic carbocycles. The predicted octanol–water partition coefficient (Wildman–Crippen LogP) is 4.93. The Labute approximate surface area is 265 Å². The molecule has 6 atom stereocenters. The summed E-state index contributed by atoms with van der Waals surface area (Å²) in [7, 11) is 0. The number of carbonyl (C=O) groups is 4. The van der Waals surface area contributed by atoms with Gasteiger partial charge in [-0.05, 0) is 55.5 Å². The van der Waals surface area contributed by atoms with E-state index in [1.54, 1.807) is 19.9 Å². The molecule has 10 heteroatoms. The summed E-state index contributed by atoms with van der Waals surface area (Å²) in [6, 6.07) is 14.6. The van der Waals surface area contributed by atoms with Crippen molar-refractivity contribution in [2.75, 3.05) is 6.54 Å². The minimum Gasteiger partial charge on any atom is -0.508 e. The summed E-state index contributed by atoms with van der Waals surface area (Å²) in [5.74, 6) is -2.64. The lowest BCUT2D eigenvalue weighted by Crippen LogP contribution is -2.47. The lowest BCUT2D eigenvalue weighted by molar-refractivity contribution is -0.179. The Morgan fingerprint density at radius 1 is 0.933 bits per heavy atom. The normalized spacial score (nSPS) is 27.2. The average Bonchev–Trinajstić information content (AvgIpc) is 3.79. The van der Waals surface area contributed by atoms with Crippen LogP contribution in [0.25, 0.3) is 0 Å². The molecule has 0 aromatic heterocycles. The van der Waals surface area contributed by atoms with Crippen LogP contribution < -0.4 is 10.6 Å². The summed E-state index contributed by atoms with van der Waals surface area (Å²) >= 11 is 0. The molecule has 10 nitrogen and oxygen atoms in total. The van der Waals surface area contributed by atoms with E-state index in [4.69, 9.17) is 14.2 Å². The van der Waals surface area contributed by atoms with Gasteiger partial charge in [0.1, 0.15) is 24.0 Å². The van der Waals surface area contributed by atoms with Crippen molar-refractivity contribution in [2.24, 2.45) is 17.3 Å².